The molecule has 0 bridgehead atoms. The van der Waals surface area contributed by atoms with Gasteiger partial charge in [0.2, 0.25) is 0 Å². The summed E-state index contributed by atoms with van der Waals surface area (Å²) in [5.41, 5.74) is 1.35. The van der Waals surface area contributed by atoms with E-state index in [1.807, 2.05) is 72.8 Å². The van der Waals surface area contributed by atoms with Crippen LogP contribution in [0.1, 0.15) is 15.9 Å². The van der Waals surface area contributed by atoms with Gasteiger partial charge in [-0.2, -0.15) is 0 Å². The van der Waals surface area contributed by atoms with Crippen molar-refractivity contribution in [3.05, 3.63) is 83.9 Å². The summed E-state index contributed by atoms with van der Waals surface area (Å²) < 4.78 is 6.13. The van der Waals surface area contributed by atoms with Gasteiger partial charge in [-0.15, -0.1) is 0 Å². The minimum absolute atomic E-state index is 0.0207. The second-order valence-corrected chi connectivity index (χ2v) is 5.75. The fourth-order valence-corrected chi connectivity index (χ4v) is 3.40. The molecule has 0 saturated heterocycles. The second-order valence-electron chi connectivity index (χ2n) is 5.75. The van der Waals surface area contributed by atoms with Gasteiger partial charge in [0.25, 0.3) is 0 Å². The lowest BCUT2D eigenvalue weighted by Gasteiger charge is -2.10. The van der Waals surface area contributed by atoms with Crippen LogP contribution in [0.5, 0.6) is 11.5 Å². The van der Waals surface area contributed by atoms with E-state index in [1.54, 1.807) is 0 Å². The molecule has 0 fully saturated rings. The highest BCUT2D eigenvalue weighted by atomic mass is 16.5. The third-order valence-corrected chi connectivity index (χ3v) is 4.45. The molecule has 0 saturated carbocycles. The minimum Gasteiger partial charge on any atom is -0.456 e. The lowest BCUT2D eigenvalue weighted by Crippen LogP contribution is -2.02. The summed E-state index contributed by atoms with van der Waals surface area (Å²) in [7, 11) is 0. The summed E-state index contributed by atoms with van der Waals surface area (Å²) in [6, 6.07) is 23.5. The standard InChI is InChI=1S/C21H12O2/c22-21-16-9-3-6-14-7-4-10-17(19(14)16)23-18-12-11-13-5-1-2-8-15(13)20(18)21/h1-12H. The molecule has 1 aliphatic heterocycles. The molecule has 0 aromatic heterocycles. The molecule has 4 aromatic rings. The van der Waals surface area contributed by atoms with Crippen LogP contribution in [-0.2, 0) is 0 Å². The Balaban J connectivity index is 1.95. The molecule has 5 rings (SSSR count). The van der Waals surface area contributed by atoms with Gasteiger partial charge in [0, 0.05) is 10.9 Å². The first-order valence-corrected chi connectivity index (χ1v) is 7.59. The Morgan fingerprint density at radius 1 is 0.652 bits per heavy atom. The fraction of sp³-hybridized carbons (Fsp3) is 0. The first-order chi connectivity index (χ1) is 11.3. The topological polar surface area (TPSA) is 26.3 Å². The van der Waals surface area contributed by atoms with E-state index in [-0.39, 0.29) is 5.78 Å². The predicted molar refractivity (Wildman–Crippen MR) is 91.4 cm³/mol. The number of fused-ring (bicyclic) bond motifs is 3. The van der Waals surface area contributed by atoms with Crippen LogP contribution in [0, 0.1) is 0 Å². The van der Waals surface area contributed by atoms with Crippen molar-refractivity contribution < 1.29 is 9.53 Å². The van der Waals surface area contributed by atoms with Crippen LogP contribution in [0.15, 0.2) is 72.8 Å². The number of ether oxygens (including phenoxy) is 1. The average Bonchev–Trinajstić information content (AvgIpc) is 2.72. The van der Waals surface area contributed by atoms with Gasteiger partial charge in [0.05, 0.1) is 5.56 Å². The van der Waals surface area contributed by atoms with Crippen LogP contribution in [0.4, 0.5) is 0 Å². The normalized spacial score (nSPS) is 12.8. The molecule has 1 aliphatic rings. The van der Waals surface area contributed by atoms with Crippen molar-refractivity contribution in [3.8, 4) is 11.5 Å². The highest BCUT2D eigenvalue weighted by Crippen LogP contribution is 2.41. The third kappa shape index (κ3) is 1.66. The summed E-state index contributed by atoms with van der Waals surface area (Å²) in [5.74, 6) is 1.38. The van der Waals surface area contributed by atoms with Crippen molar-refractivity contribution >= 4 is 27.3 Å². The van der Waals surface area contributed by atoms with E-state index in [1.165, 1.54) is 0 Å². The molecule has 0 radical (unpaired) electrons. The Morgan fingerprint density at radius 3 is 2.35 bits per heavy atom. The van der Waals surface area contributed by atoms with E-state index >= 15 is 0 Å². The van der Waals surface area contributed by atoms with Gasteiger partial charge in [-0.05, 0) is 28.3 Å². The lowest BCUT2D eigenvalue weighted by atomic mass is 9.94. The molecule has 0 N–H and O–H groups in total. The van der Waals surface area contributed by atoms with E-state index < -0.39 is 0 Å². The van der Waals surface area contributed by atoms with E-state index in [0.29, 0.717) is 16.9 Å². The Hall–Kier alpha value is -3.13. The maximum Gasteiger partial charge on any atom is 0.198 e. The van der Waals surface area contributed by atoms with Gasteiger partial charge in [0.1, 0.15) is 11.5 Å². The van der Waals surface area contributed by atoms with Gasteiger partial charge in [0.15, 0.2) is 5.78 Å². The van der Waals surface area contributed by atoms with Crippen LogP contribution in [0.3, 0.4) is 0 Å². The molecule has 23 heavy (non-hydrogen) atoms. The summed E-state index contributed by atoms with van der Waals surface area (Å²) in [5, 5.41) is 3.88. The number of carbonyl (C=O) groups is 1. The SMILES string of the molecule is O=C1c2c(ccc3ccccc23)Oc2cccc3cccc1c23. The summed E-state index contributed by atoms with van der Waals surface area (Å²) in [6.07, 6.45) is 0. The van der Waals surface area contributed by atoms with Gasteiger partial charge in [-0.3, -0.25) is 4.79 Å². The van der Waals surface area contributed by atoms with Gasteiger partial charge >= 0.3 is 0 Å². The third-order valence-electron chi connectivity index (χ3n) is 4.45. The van der Waals surface area contributed by atoms with Crippen molar-refractivity contribution in [2.75, 3.05) is 0 Å². The Kier molecular flexibility index (Phi) is 2.39. The quantitative estimate of drug-likeness (QED) is 0.386. The van der Waals surface area contributed by atoms with Crippen molar-refractivity contribution in [1.82, 2.24) is 0 Å². The molecular formula is C21H12O2. The van der Waals surface area contributed by atoms with Crippen LogP contribution in [0.2, 0.25) is 0 Å². The Bertz CT molecular complexity index is 1100. The summed E-state index contributed by atoms with van der Waals surface area (Å²) in [4.78, 5) is 13.2. The number of benzene rings is 4. The van der Waals surface area contributed by atoms with Crippen LogP contribution < -0.4 is 4.74 Å². The molecule has 108 valence electrons. The van der Waals surface area contributed by atoms with Crippen LogP contribution in [-0.4, -0.2) is 5.78 Å². The number of rotatable bonds is 0. The van der Waals surface area contributed by atoms with Crippen molar-refractivity contribution in [3.63, 3.8) is 0 Å². The smallest absolute Gasteiger partial charge is 0.198 e. The molecule has 0 atom stereocenters. The number of carbonyl (C=O) groups excluding carboxylic acids is 1. The monoisotopic (exact) mass is 296 g/mol. The van der Waals surface area contributed by atoms with Gasteiger partial charge in [-0.25, -0.2) is 0 Å². The van der Waals surface area contributed by atoms with E-state index in [2.05, 4.69) is 0 Å². The Labute approximate surface area is 132 Å². The van der Waals surface area contributed by atoms with Gasteiger partial charge < -0.3 is 4.74 Å². The molecule has 0 unspecified atom stereocenters. The van der Waals surface area contributed by atoms with Gasteiger partial charge in [-0.1, -0.05) is 60.7 Å². The molecule has 0 spiro atoms. The number of hydrogen-bond acceptors (Lipinski definition) is 2. The van der Waals surface area contributed by atoms with E-state index in [4.69, 9.17) is 4.74 Å². The molecule has 4 aromatic carbocycles. The van der Waals surface area contributed by atoms with E-state index in [0.717, 1.165) is 27.3 Å². The zero-order valence-corrected chi connectivity index (χ0v) is 12.2. The molecule has 2 nitrogen and oxygen atoms in total. The molecule has 0 aliphatic carbocycles. The lowest BCUT2D eigenvalue weighted by molar-refractivity contribution is 0.104. The zero-order valence-electron chi connectivity index (χ0n) is 12.2. The average molecular weight is 296 g/mol. The van der Waals surface area contributed by atoms with Crippen LogP contribution >= 0.6 is 0 Å². The number of ketones is 1. The van der Waals surface area contributed by atoms with Crippen molar-refractivity contribution in [2.24, 2.45) is 0 Å². The summed E-state index contributed by atoms with van der Waals surface area (Å²) >= 11 is 0. The van der Waals surface area contributed by atoms with E-state index in [9.17, 15) is 4.79 Å². The van der Waals surface area contributed by atoms with Crippen LogP contribution in [0.25, 0.3) is 21.5 Å². The first-order valence-electron chi connectivity index (χ1n) is 7.59. The fourth-order valence-electron chi connectivity index (χ4n) is 3.40. The highest BCUT2D eigenvalue weighted by molar-refractivity contribution is 6.24. The second kappa shape index (κ2) is 4.43. The molecule has 2 heteroatoms. The molecule has 1 heterocycles. The Morgan fingerprint density at radius 2 is 1.43 bits per heavy atom. The maximum atomic E-state index is 13.2. The van der Waals surface area contributed by atoms with Crippen molar-refractivity contribution in [2.45, 2.75) is 0 Å². The highest BCUT2D eigenvalue weighted by Gasteiger charge is 2.25. The number of hydrogen-bond donors (Lipinski definition) is 0. The van der Waals surface area contributed by atoms with Crippen molar-refractivity contribution in [1.29, 1.82) is 0 Å². The maximum absolute atomic E-state index is 13.2. The first kappa shape index (κ1) is 12.4. The molecule has 0 amide bonds. The predicted octanol–water partition coefficient (Wildman–Crippen LogP) is 5.33. The molecular weight excluding hydrogens is 284 g/mol. The zero-order chi connectivity index (χ0) is 15.4. The summed E-state index contributed by atoms with van der Waals surface area (Å²) in [6.45, 7) is 0. The largest absolute Gasteiger partial charge is 0.456 e. The minimum atomic E-state index is 0.0207.